The molecule has 0 saturated heterocycles. The lowest BCUT2D eigenvalue weighted by molar-refractivity contribution is 0.0779. The van der Waals surface area contributed by atoms with E-state index < -0.39 is 0 Å². The monoisotopic (exact) mass is 359 g/mol. The minimum Gasteiger partial charge on any atom is -0.355 e. The molecule has 1 aromatic heterocycles. The van der Waals surface area contributed by atoms with Gasteiger partial charge in [0.1, 0.15) is 5.69 Å². The Morgan fingerprint density at radius 1 is 0.963 bits per heavy atom. The molecule has 0 spiro atoms. The molecular weight excluding hydrogens is 338 g/mol. The third-order valence-corrected chi connectivity index (χ3v) is 4.17. The first-order valence-electron chi connectivity index (χ1n) is 8.66. The second-order valence-corrected chi connectivity index (χ2v) is 6.34. The third kappa shape index (κ3) is 4.79. The SMILES string of the molecule is CC(=O)c1ccc(Nc2ccnc(C(=O)N(C)Cc3ccccc3)c2)cc1. The predicted molar refractivity (Wildman–Crippen MR) is 106 cm³/mol. The van der Waals surface area contributed by atoms with Crippen molar-refractivity contribution in [2.24, 2.45) is 0 Å². The fraction of sp³-hybridized carbons (Fsp3) is 0.136. The van der Waals surface area contributed by atoms with E-state index in [2.05, 4.69) is 10.3 Å². The number of benzene rings is 2. The molecular formula is C22H21N3O2. The van der Waals surface area contributed by atoms with Crippen LogP contribution in [0.5, 0.6) is 0 Å². The van der Waals surface area contributed by atoms with Gasteiger partial charge in [-0.1, -0.05) is 30.3 Å². The van der Waals surface area contributed by atoms with E-state index in [9.17, 15) is 9.59 Å². The Kier molecular flexibility index (Phi) is 5.61. The first-order valence-corrected chi connectivity index (χ1v) is 8.66. The lowest BCUT2D eigenvalue weighted by Crippen LogP contribution is -2.27. The van der Waals surface area contributed by atoms with E-state index in [-0.39, 0.29) is 11.7 Å². The van der Waals surface area contributed by atoms with Gasteiger partial charge in [0.15, 0.2) is 5.78 Å². The third-order valence-electron chi connectivity index (χ3n) is 4.17. The van der Waals surface area contributed by atoms with Crippen LogP contribution in [0.1, 0.15) is 33.3 Å². The van der Waals surface area contributed by atoms with Gasteiger partial charge >= 0.3 is 0 Å². The predicted octanol–water partition coefficient (Wildman–Crippen LogP) is 4.30. The normalized spacial score (nSPS) is 10.3. The maximum atomic E-state index is 12.7. The summed E-state index contributed by atoms with van der Waals surface area (Å²) in [6, 6.07) is 20.6. The summed E-state index contributed by atoms with van der Waals surface area (Å²) < 4.78 is 0. The molecule has 3 aromatic rings. The van der Waals surface area contributed by atoms with Gasteiger partial charge in [0, 0.05) is 36.7 Å². The van der Waals surface area contributed by atoms with Crippen LogP contribution in [0.3, 0.4) is 0 Å². The molecule has 5 nitrogen and oxygen atoms in total. The number of nitrogens with zero attached hydrogens (tertiary/aromatic N) is 2. The molecule has 2 aromatic carbocycles. The van der Waals surface area contributed by atoms with E-state index >= 15 is 0 Å². The average molecular weight is 359 g/mol. The molecule has 0 aliphatic rings. The number of carbonyl (C=O) groups is 2. The van der Waals surface area contributed by atoms with Crippen molar-refractivity contribution >= 4 is 23.1 Å². The summed E-state index contributed by atoms with van der Waals surface area (Å²) in [4.78, 5) is 29.9. The smallest absolute Gasteiger partial charge is 0.272 e. The van der Waals surface area contributed by atoms with Crippen molar-refractivity contribution in [2.45, 2.75) is 13.5 Å². The first kappa shape index (κ1) is 18.3. The van der Waals surface area contributed by atoms with E-state index in [1.165, 1.54) is 6.92 Å². The number of hydrogen-bond acceptors (Lipinski definition) is 4. The Labute approximate surface area is 158 Å². The zero-order chi connectivity index (χ0) is 19.2. The number of amides is 1. The number of aromatic nitrogens is 1. The molecule has 27 heavy (non-hydrogen) atoms. The van der Waals surface area contributed by atoms with Gasteiger partial charge in [0.25, 0.3) is 5.91 Å². The van der Waals surface area contributed by atoms with Crippen molar-refractivity contribution in [3.05, 3.63) is 89.7 Å². The van der Waals surface area contributed by atoms with Crippen LogP contribution in [0.2, 0.25) is 0 Å². The van der Waals surface area contributed by atoms with E-state index in [1.807, 2.05) is 42.5 Å². The van der Waals surface area contributed by atoms with Crippen LogP contribution in [-0.4, -0.2) is 28.6 Å². The molecule has 3 rings (SSSR count). The Hall–Kier alpha value is -3.47. The number of pyridine rings is 1. The maximum absolute atomic E-state index is 12.7. The van der Waals surface area contributed by atoms with Crippen LogP contribution < -0.4 is 5.32 Å². The summed E-state index contributed by atoms with van der Waals surface area (Å²) in [5.41, 5.74) is 3.69. The van der Waals surface area contributed by atoms with E-state index in [0.717, 1.165) is 16.9 Å². The lowest BCUT2D eigenvalue weighted by Gasteiger charge is -2.17. The molecule has 0 fully saturated rings. The number of hydrogen-bond donors (Lipinski definition) is 1. The fourth-order valence-electron chi connectivity index (χ4n) is 2.70. The molecule has 1 N–H and O–H groups in total. The lowest BCUT2D eigenvalue weighted by atomic mass is 10.1. The van der Waals surface area contributed by atoms with Gasteiger partial charge in [-0.2, -0.15) is 0 Å². The summed E-state index contributed by atoms with van der Waals surface area (Å²) in [7, 11) is 1.76. The van der Waals surface area contributed by atoms with E-state index in [1.54, 1.807) is 42.4 Å². The molecule has 0 atom stereocenters. The minimum absolute atomic E-state index is 0.0276. The zero-order valence-electron chi connectivity index (χ0n) is 15.3. The van der Waals surface area contributed by atoms with Crippen molar-refractivity contribution in [3.8, 4) is 0 Å². The van der Waals surface area contributed by atoms with Crippen LogP contribution in [0, 0.1) is 0 Å². The number of nitrogens with one attached hydrogen (secondary N) is 1. The van der Waals surface area contributed by atoms with Gasteiger partial charge in [-0.05, 0) is 48.9 Å². The molecule has 0 unspecified atom stereocenters. The number of carbonyl (C=O) groups excluding carboxylic acids is 2. The molecule has 0 aliphatic carbocycles. The van der Waals surface area contributed by atoms with Gasteiger partial charge in [-0.15, -0.1) is 0 Å². The number of ketones is 1. The van der Waals surface area contributed by atoms with Crippen molar-refractivity contribution in [1.29, 1.82) is 0 Å². The number of Topliss-reactive ketones (excluding diaryl/α,β-unsaturated/α-hetero) is 1. The zero-order valence-corrected chi connectivity index (χ0v) is 15.3. The first-order chi connectivity index (χ1) is 13.0. The number of rotatable bonds is 6. The quantitative estimate of drug-likeness (QED) is 0.667. The minimum atomic E-state index is -0.144. The topological polar surface area (TPSA) is 62.3 Å². The fourth-order valence-corrected chi connectivity index (χ4v) is 2.70. The second kappa shape index (κ2) is 8.27. The molecule has 0 bridgehead atoms. The van der Waals surface area contributed by atoms with Crippen molar-refractivity contribution < 1.29 is 9.59 Å². The highest BCUT2D eigenvalue weighted by Crippen LogP contribution is 2.18. The highest BCUT2D eigenvalue weighted by molar-refractivity contribution is 5.94. The maximum Gasteiger partial charge on any atom is 0.272 e. The van der Waals surface area contributed by atoms with Gasteiger partial charge in [-0.25, -0.2) is 0 Å². The Bertz CT molecular complexity index is 937. The standard InChI is InChI=1S/C22H21N3O2/c1-16(26)18-8-10-19(11-9-18)24-20-12-13-23-21(14-20)22(27)25(2)15-17-6-4-3-5-7-17/h3-14H,15H2,1-2H3,(H,23,24). The Morgan fingerprint density at radius 3 is 2.33 bits per heavy atom. The van der Waals surface area contributed by atoms with Crippen LogP contribution in [-0.2, 0) is 6.54 Å². The van der Waals surface area contributed by atoms with E-state index in [0.29, 0.717) is 17.8 Å². The van der Waals surface area contributed by atoms with E-state index in [4.69, 9.17) is 0 Å². The van der Waals surface area contributed by atoms with Crippen LogP contribution in [0.15, 0.2) is 72.9 Å². The van der Waals surface area contributed by atoms with Gasteiger partial charge < -0.3 is 10.2 Å². The highest BCUT2D eigenvalue weighted by Gasteiger charge is 2.14. The summed E-state index contributed by atoms with van der Waals surface area (Å²) in [6.07, 6.45) is 1.61. The molecule has 5 heteroatoms. The van der Waals surface area contributed by atoms with Crippen LogP contribution in [0.4, 0.5) is 11.4 Å². The molecule has 0 radical (unpaired) electrons. The summed E-state index contributed by atoms with van der Waals surface area (Å²) in [5, 5.41) is 3.23. The van der Waals surface area contributed by atoms with Crippen molar-refractivity contribution in [1.82, 2.24) is 9.88 Å². The van der Waals surface area contributed by atoms with Crippen LogP contribution >= 0.6 is 0 Å². The van der Waals surface area contributed by atoms with Crippen molar-refractivity contribution in [2.75, 3.05) is 12.4 Å². The molecule has 1 amide bonds. The number of anilines is 2. The Balaban J connectivity index is 1.70. The van der Waals surface area contributed by atoms with Gasteiger partial charge in [0.2, 0.25) is 0 Å². The van der Waals surface area contributed by atoms with Crippen LogP contribution in [0.25, 0.3) is 0 Å². The largest absolute Gasteiger partial charge is 0.355 e. The summed E-state index contributed by atoms with van der Waals surface area (Å²) >= 11 is 0. The molecule has 1 heterocycles. The molecule has 0 saturated carbocycles. The van der Waals surface area contributed by atoms with Gasteiger partial charge in [-0.3, -0.25) is 14.6 Å². The van der Waals surface area contributed by atoms with Gasteiger partial charge in [0.05, 0.1) is 0 Å². The van der Waals surface area contributed by atoms with Crippen molar-refractivity contribution in [3.63, 3.8) is 0 Å². The summed E-state index contributed by atoms with van der Waals surface area (Å²) in [6.45, 7) is 2.06. The highest BCUT2D eigenvalue weighted by atomic mass is 16.2. The second-order valence-electron chi connectivity index (χ2n) is 6.34. The summed E-state index contributed by atoms with van der Waals surface area (Å²) in [5.74, 6) is -0.116. The average Bonchev–Trinajstić information content (AvgIpc) is 2.69. The Morgan fingerprint density at radius 2 is 1.67 bits per heavy atom. The molecule has 0 aliphatic heterocycles. The molecule has 136 valence electrons.